The van der Waals surface area contributed by atoms with Crippen molar-refractivity contribution in [3.63, 3.8) is 0 Å². The maximum absolute atomic E-state index is 13.3. The lowest BCUT2D eigenvalue weighted by Crippen LogP contribution is -2.35. The van der Waals surface area contributed by atoms with Gasteiger partial charge in [0.05, 0.1) is 10.9 Å². The number of aryl methyl sites for hydroxylation is 4. The maximum atomic E-state index is 13.3. The Morgan fingerprint density at radius 2 is 1.87 bits per heavy atom. The molecule has 0 radical (unpaired) electrons. The number of carbonyl (C=O) groups is 2. The topological polar surface area (TPSA) is 101 Å². The van der Waals surface area contributed by atoms with Gasteiger partial charge in [-0.1, -0.05) is 24.6 Å². The highest BCUT2D eigenvalue weighted by molar-refractivity contribution is 7.17. The number of aromatic carboxylic acids is 1. The average molecular weight is 428 g/mol. The van der Waals surface area contributed by atoms with Gasteiger partial charge in [0.15, 0.2) is 0 Å². The number of carbonyl (C=O) groups excluding carboxylic acids is 1. The Hall–Kier alpha value is -3.00. The second kappa shape index (κ2) is 8.39. The summed E-state index contributed by atoms with van der Waals surface area (Å²) in [5.74, 6) is -1.05. The second-order valence-corrected chi connectivity index (χ2v) is 8.38. The van der Waals surface area contributed by atoms with Gasteiger partial charge in [0.1, 0.15) is 16.7 Å². The molecule has 0 saturated carbocycles. The van der Waals surface area contributed by atoms with Gasteiger partial charge in [0, 0.05) is 17.5 Å². The van der Waals surface area contributed by atoms with Crippen LogP contribution in [-0.2, 0) is 11.2 Å². The summed E-state index contributed by atoms with van der Waals surface area (Å²) in [6.45, 7) is 9.43. The Bertz CT molecular complexity index is 1190. The zero-order valence-corrected chi connectivity index (χ0v) is 18.5. The zero-order valence-electron chi connectivity index (χ0n) is 17.7. The smallest absolute Gasteiger partial charge is 0.337 e. The number of carboxylic acids is 1. The number of carboxylic acid groups (broad SMARTS) is 1. The lowest BCUT2D eigenvalue weighted by atomic mass is 10.0. The Morgan fingerprint density at radius 1 is 1.23 bits per heavy atom. The third-order valence-electron chi connectivity index (χ3n) is 5.11. The van der Waals surface area contributed by atoms with Crippen LogP contribution in [0, 0.1) is 20.8 Å². The van der Waals surface area contributed by atoms with Crippen LogP contribution < -0.4 is 10.9 Å². The predicted molar refractivity (Wildman–Crippen MR) is 119 cm³/mol. The molecule has 2 aromatic heterocycles. The number of hydrogen-bond donors (Lipinski definition) is 2. The second-order valence-electron chi connectivity index (χ2n) is 7.53. The summed E-state index contributed by atoms with van der Waals surface area (Å²) in [5.41, 5.74) is 3.12. The Kier molecular flexibility index (Phi) is 6.07. The fourth-order valence-electron chi connectivity index (χ4n) is 3.72. The first-order valence-corrected chi connectivity index (χ1v) is 10.7. The van der Waals surface area contributed by atoms with Gasteiger partial charge >= 0.3 is 5.97 Å². The average Bonchev–Trinajstić information content (AvgIpc) is 3.09. The van der Waals surface area contributed by atoms with Gasteiger partial charge in [-0.15, -0.1) is 11.3 Å². The van der Waals surface area contributed by atoms with Crippen LogP contribution in [0.2, 0.25) is 0 Å². The third kappa shape index (κ3) is 3.87. The minimum atomic E-state index is -1.18. The monoisotopic (exact) mass is 427 g/mol. The molecule has 1 unspecified atom stereocenters. The normalized spacial score (nSPS) is 12.2. The van der Waals surface area contributed by atoms with Crippen LogP contribution in [0.25, 0.3) is 10.2 Å². The minimum Gasteiger partial charge on any atom is -0.478 e. The van der Waals surface area contributed by atoms with Crippen molar-refractivity contribution in [3.8, 4) is 0 Å². The maximum Gasteiger partial charge on any atom is 0.337 e. The molecule has 30 heavy (non-hydrogen) atoms. The molecule has 2 N–H and O–H groups in total. The van der Waals surface area contributed by atoms with Crippen LogP contribution in [-0.4, -0.2) is 26.5 Å². The standard InChI is InChI=1S/C22H25N3O4S/c1-6-7-16-23-20-17(15(10-30-20)22(28)29)21(27)25(16)14(5)19(26)24-18-12(3)8-11(2)9-13(18)4/h8-10,14H,6-7H2,1-5H3,(H,24,26)(H,28,29). The fourth-order valence-corrected chi connectivity index (χ4v) is 4.65. The van der Waals surface area contributed by atoms with E-state index in [4.69, 9.17) is 0 Å². The number of nitrogens with zero attached hydrogens (tertiary/aromatic N) is 2. The summed E-state index contributed by atoms with van der Waals surface area (Å²) in [7, 11) is 0. The van der Waals surface area contributed by atoms with Gasteiger partial charge < -0.3 is 10.4 Å². The fraction of sp³-hybridized carbons (Fsp3) is 0.364. The van der Waals surface area contributed by atoms with E-state index in [1.165, 1.54) is 9.95 Å². The zero-order chi connectivity index (χ0) is 22.2. The van der Waals surface area contributed by atoms with Crippen molar-refractivity contribution in [1.82, 2.24) is 9.55 Å². The van der Waals surface area contributed by atoms with E-state index < -0.39 is 17.6 Å². The molecular weight excluding hydrogens is 402 g/mol. The number of aromatic nitrogens is 2. The van der Waals surface area contributed by atoms with Crippen LogP contribution in [0.4, 0.5) is 5.69 Å². The summed E-state index contributed by atoms with van der Waals surface area (Å²) in [4.78, 5) is 42.8. The Balaban J connectivity index is 2.10. The van der Waals surface area contributed by atoms with Crippen molar-refractivity contribution in [2.24, 2.45) is 0 Å². The van der Waals surface area contributed by atoms with Crippen LogP contribution in [0.1, 0.15) is 59.2 Å². The summed E-state index contributed by atoms with van der Waals surface area (Å²) < 4.78 is 1.33. The van der Waals surface area contributed by atoms with Crippen LogP contribution in [0.15, 0.2) is 22.3 Å². The first-order valence-electron chi connectivity index (χ1n) is 9.80. The van der Waals surface area contributed by atoms with Gasteiger partial charge in [-0.2, -0.15) is 0 Å². The van der Waals surface area contributed by atoms with Crippen LogP contribution >= 0.6 is 11.3 Å². The summed E-state index contributed by atoms with van der Waals surface area (Å²) in [5, 5.41) is 13.8. The number of amides is 1. The van der Waals surface area contributed by atoms with Gasteiger partial charge in [0.25, 0.3) is 5.56 Å². The number of anilines is 1. The molecule has 7 nitrogen and oxygen atoms in total. The van der Waals surface area contributed by atoms with E-state index in [1.54, 1.807) is 6.92 Å². The van der Waals surface area contributed by atoms with Crippen LogP contribution in [0.3, 0.4) is 0 Å². The summed E-state index contributed by atoms with van der Waals surface area (Å²) >= 11 is 1.13. The number of thiophene rings is 1. The SMILES string of the molecule is CCCc1nc2scc(C(=O)O)c2c(=O)n1C(C)C(=O)Nc1c(C)cc(C)cc1C. The molecule has 0 aliphatic heterocycles. The molecule has 0 bridgehead atoms. The molecule has 8 heteroatoms. The summed E-state index contributed by atoms with van der Waals surface area (Å²) in [6, 6.07) is 3.12. The van der Waals surface area contributed by atoms with Crippen molar-refractivity contribution >= 4 is 39.1 Å². The molecule has 1 aromatic carbocycles. The largest absolute Gasteiger partial charge is 0.478 e. The van der Waals surface area contributed by atoms with E-state index in [2.05, 4.69) is 10.3 Å². The summed E-state index contributed by atoms with van der Waals surface area (Å²) in [6.07, 6.45) is 1.24. The van der Waals surface area contributed by atoms with E-state index in [1.807, 2.05) is 39.8 Å². The molecule has 158 valence electrons. The van der Waals surface area contributed by atoms with E-state index in [0.717, 1.165) is 40.1 Å². The molecule has 0 aliphatic carbocycles. The van der Waals surface area contributed by atoms with Crippen molar-refractivity contribution in [2.75, 3.05) is 5.32 Å². The number of rotatable bonds is 6. The van der Waals surface area contributed by atoms with E-state index in [0.29, 0.717) is 17.1 Å². The van der Waals surface area contributed by atoms with Crippen molar-refractivity contribution in [1.29, 1.82) is 0 Å². The molecule has 1 amide bonds. The first kappa shape index (κ1) is 21.7. The Labute approximate surface area is 178 Å². The molecule has 1 atom stereocenters. The molecule has 0 fully saturated rings. The molecule has 0 spiro atoms. The number of benzene rings is 1. The van der Waals surface area contributed by atoms with Crippen molar-refractivity contribution in [3.05, 3.63) is 55.9 Å². The highest BCUT2D eigenvalue weighted by atomic mass is 32.1. The molecule has 3 rings (SSSR count). The van der Waals surface area contributed by atoms with Crippen molar-refractivity contribution in [2.45, 2.75) is 53.5 Å². The van der Waals surface area contributed by atoms with Gasteiger partial charge in [-0.05, 0) is 45.2 Å². The van der Waals surface area contributed by atoms with Gasteiger partial charge in [-0.25, -0.2) is 9.78 Å². The van der Waals surface area contributed by atoms with Gasteiger partial charge in [-0.3, -0.25) is 14.2 Å². The Morgan fingerprint density at radius 3 is 2.43 bits per heavy atom. The molecular formula is C22H25N3O4S. The lowest BCUT2D eigenvalue weighted by molar-refractivity contribution is -0.119. The number of hydrogen-bond acceptors (Lipinski definition) is 5. The molecule has 0 saturated heterocycles. The van der Waals surface area contributed by atoms with Gasteiger partial charge in [0.2, 0.25) is 5.91 Å². The minimum absolute atomic E-state index is 0.0506. The molecule has 2 heterocycles. The third-order valence-corrected chi connectivity index (χ3v) is 5.98. The number of nitrogens with one attached hydrogen (secondary N) is 1. The van der Waals surface area contributed by atoms with E-state index in [9.17, 15) is 19.5 Å². The molecule has 0 aliphatic rings. The predicted octanol–water partition coefficient (Wildman–Crippen LogP) is 4.23. The van der Waals surface area contributed by atoms with E-state index >= 15 is 0 Å². The number of fused-ring (bicyclic) bond motifs is 1. The van der Waals surface area contributed by atoms with Crippen molar-refractivity contribution < 1.29 is 14.7 Å². The highest BCUT2D eigenvalue weighted by Crippen LogP contribution is 2.25. The lowest BCUT2D eigenvalue weighted by Gasteiger charge is -2.20. The molecule has 3 aromatic rings. The quantitative estimate of drug-likeness (QED) is 0.613. The van der Waals surface area contributed by atoms with E-state index in [-0.39, 0.29) is 16.9 Å². The first-order chi connectivity index (χ1) is 14.1. The highest BCUT2D eigenvalue weighted by Gasteiger charge is 2.25. The van der Waals surface area contributed by atoms with Crippen LogP contribution in [0.5, 0.6) is 0 Å².